The highest BCUT2D eigenvalue weighted by Crippen LogP contribution is 2.20. The molecular formula is C17H19N5O4S. The molecule has 0 aliphatic carbocycles. The number of amides is 1. The van der Waals surface area contributed by atoms with Gasteiger partial charge in [-0.3, -0.25) is 14.8 Å². The van der Waals surface area contributed by atoms with Crippen molar-refractivity contribution in [3.8, 4) is 11.6 Å². The lowest BCUT2D eigenvalue weighted by Crippen LogP contribution is -2.13. The molecule has 3 rings (SSSR count). The van der Waals surface area contributed by atoms with Gasteiger partial charge in [-0.15, -0.1) is 5.10 Å². The highest BCUT2D eigenvalue weighted by molar-refractivity contribution is 7.91. The van der Waals surface area contributed by atoms with Crippen LogP contribution in [0, 0.1) is 0 Å². The van der Waals surface area contributed by atoms with Gasteiger partial charge in [0.2, 0.25) is 0 Å². The number of nitrogens with one attached hydrogen (secondary N) is 1. The van der Waals surface area contributed by atoms with Crippen molar-refractivity contribution in [1.29, 1.82) is 0 Å². The maximum absolute atomic E-state index is 12.4. The number of rotatable bonds is 6. The summed E-state index contributed by atoms with van der Waals surface area (Å²) in [5, 5.41) is 14.4. The quantitative estimate of drug-likeness (QED) is 0.688. The summed E-state index contributed by atoms with van der Waals surface area (Å²) in [5.41, 5.74) is 0.668. The normalized spacial score (nSPS) is 11.7. The molecule has 3 aromatic rings. The summed E-state index contributed by atoms with van der Waals surface area (Å²) in [4.78, 5) is 12.5. The summed E-state index contributed by atoms with van der Waals surface area (Å²) in [6.07, 6.45) is 1.79. The molecule has 2 heterocycles. The van der Waals surface area contributed by atoms with Gasteiger partial charge in [-0.1, -0.05) is 18.1 Å². The zero-order chi connectivity index (χ0) is 19.6. The summed E-state index contributed by atoms with van der Waals surface area (Å²) in [6.45, 7) is 5.52. The van der Waals surface area contributed by atoms with Crippen molar-refractivity contribution >= 4 is 21.8 Å². The third kappa shape index (κ3) is 4.05. The average molecular weight is 389 g/mol. The molecule has 1 N–H and O–H groups in total. The predicted octanol–water partition coefficient (Wildman–Crippen LogP) is 2.56. The Morgan fingerprint density at radius 1 is 1.26 bits per heavy atom. The van der Waals surface area contributed by atoms with E-state index in [1.165, 1.54) is 24.3 Å². The molecule has 2 aromatic heterocycles. The number of carbonyl (C=O) groups excluding carboxylic acids is 1. The van der Waals surface area contributed by atoms with Gasteiger partial charge in [0, 0.05) is 17.8 Å². The van der Waals surface area contributed by atoms with Gasteiger partial charge in [-0.05, 0) is 38.1 Å². The summed E-state index contributed by atoms with van der Waals surface area (Å²) in [6, 6.07) is 7.60. The Morgan fingerprint density at radius 2 is 2.04 bits per heavy atom. The van der Waals surface area contributed by atoms with Gasteiger partial charge in [0.05, 0.1) is 10.6 Å². The second-order valence-corrected chi connectivity index (χ2v) is 8.35. The Morgan fingerprint density at radius 3 is 2.70 bits per heavy atom. The van der Waals surface area contributed by atoms with Crippen LogP contribution in [0.15, 0.2) is 45.8 Å². The Labute approximate surface area is 156 Å². The lowest BCUT2D eigenvalue weighted by molar-refractivity contribution is 0.102. The van der Waals surface area contributed by atoms with E-state index < -0.39 is 15.7 Å². The summed E-state index contributed by atoms with van der Waals surface area (Å²) in [7, 11) is -3.41. The molecule has 0 aliphatic heterocycles. The standard InChI is InChI=1S/C17H19N5O4S/c1-4-27(24,25)13-7-5-6-12(10-13)15(23)18-17-20-19-16(26-17)14-8-9-22(21-14)11(2)3/h5-11H,4H2,1-3H3,(H,18,20,23). The Bertz CT molecular complexity index is 1070. The topological polar surface area (TPSA) is 120 Å². The molecule has 0 spiro atoms. The predicted molar refractivity (Wildman–Crippen MR) is 98.0 cm³/mol. The van der Waals surface area contributed by atoms with Gasteiger partial charge in [-0.25, -0.2) is 8.42 Å². The molecule has 0 unspecified atom stereocenters. The van der Waals surface area contributed by atoms with Gasteiger partial charge >= 0.3 is 6.01 Å². The molecule has 0 saturated heterocycles. The molecule has 142 valence electrons. The third-order valence-corrected chi connectivity index (χ3v) is 5.57. The minimum Gasteiger partial charge on any atom is -0.401 e. The zero-order valence-electron chi connectivity index (χ0n) is 15.1. The second-order valence-electron chi connectivity index (χ2n) is 6.07. The first-order chi connectivity index (χ1) is 12.8. The highest BCUT2D eigenvalue weighted by atomic mass is 32.2. The molecule has 0 radical (unpaired) electrons. The SMILES string of the molecule is CCS(=O)(=O)c1cccc(C(=O)Nc2nnc(-c3ccn(C(C)C)n3)o2)c1. The summed E-state index contributed by atoms with van der Waals surface area (Å²) >= 11 is 0. The maximum atomic E-state index is 12.4. The lowest BCUT2D eigenvalue weighted by Gasteiger charge is -2.04. The van der Waals surface area contributed by atoms with Gasteiger partial charge in [0.15, 0.2) is 9.84 Å². The number of sulfone groups is 1. The molecule has 0 bridgehead atoms. The number of anilines is 1. The minimum absolute atomic E-state index is 0.0475. The van der Waals surface area contributed by atoms with Crippen LogP contribution < -0.4 is 5.32 Å². The van der Waals surface area contributed by atoms with Crippen LogP contribution >= 0.6 is 0 Å². The Balaban J connectivity index is 1.77. The van der Waals surface area contributed by atoms with Gasteiger partial charge in [0.1, 0.15) is 5.69 Å². The van der Waals surface area contributed by atoms with Gasteiger partial charge in [0.25, 0.3) is 11.8 Å². The van der Waals surface area contributed by atoms with Crippen molar-refractivity contribution in [3.05, 3.63) is 42.1 Å². The molecule has 0 fully saturated rings. The van der Waals surface area contributed by atoms with Crippen LogP contribution in [0.3, 0.4) is 0 Å². The molecule has 1 amide bonds. The molecule has 9 nitrogen and oxygen atoms in total. The third-order valence-electron chi connectivity index (χ3n) is 3.84. The van der Waals surface area contributed by atoms with Crippen molar-refractivity contribution in [2.45, 2.75) is 31.7 Å². The van der Waals surface area contributed by atoms with Crippen LogP contribution in [-0.4, -0.2) is 40.1 Å². The molecule has 0 aliphatic rings. The van der Waals surface area contributed by atoms with Crippen molar-refractivity contribution in [2.75, 3.05) is 11.1 Å². The van der Waals surface area contributed by atoms with E-state index in [0.29, 0.717) is 5.69 Å². The number of hydrogen-bond acceptors (Lipinski definition) is 7. The van der Waals surface area contributed by atoms with Crippen LogP contribution in [0.5, 0.6) is 0 Å². The Kier molecular flexibility index (Phi) is 5.08. The highest BCUT2D eigenvalue weighted by Gasteiger charge is 2.17. The van der Waals surface area contributed by atoms with Crippen LogP contribution in [0.25, 0.3) is 11.6 Å². The van der Waals surface area contributed by atoms with E-state index in [1.54, 1.807) is 23.9 Å². The zero-order valence-corrected chi connectivity index (χ0v) is 15.9. The fourth-order valence-corrected chi connectivity index (χ4v) is 3.21. The monoisotopic (exact) mass is 389 g/mol. The first-order valence-corrected chi connectivity index (χ1v) is 9.98. The van der Waals surface area contributed by atoms with E-state index >= 15 is 0 Å². The largest absolute Gasteiger partial charge is 0.401 e. The van der Waals surface area contributed by atoms with Crippen LogP contribution in [-0.2, 0) is 9.84 Å². The first kappa shape index (κ1) is 18.8. The lowest BCUT2D eigenvalue weighted by atomic mass is 10.2. The fraction of sp³-hybridized carbons (Fsp3) is 0.294. The van der Waals surface area contributed by atoms with E-state index in [1.807, 2.05) is 13.8 Å². The Hall–Kier alpha value is -3.01. The smallest absolute Gasteiger partial charge is 0.322 e. The van der Waals surface area contributed by atoms with E-state index in [-0.39, 0.29) is 34.2 Å². The van der Waals surface area contributed by atoms with E-state index in [4.69, 9.17) is 4.42 Å². The number of aromatic nitrogens is 4. The van der Waals surface area contributed by atoms with E-state index in [9.17, 15) is 13.2 Å². The molecule has 0 atom stereocenters. The fourth-order valence-electron chi connectivity index (χ4n) is 2.28. The van der Waals surface area contributed by atoms with Crippen LogP contribution in [0.4, 0.5) is 6.01 Å². The van der Waals surface area contributed by atoms with Gasteiger partial charge in [-0.2, -0.15) is 5.10 Å². The van der Waals surface area contributed by atoms with Crippen molar-refractivity contribution in [1.82, 2.24) is 20.0 Å². The van der Waals surface area contributed by atoms with Crippen molar-refractivity contribution in [2.24, 2.45) is 0 Å². The van der Waals surface area contributed by atoms with Crippen molar-refractivity contribution in [3.63, 3.8) is 0 Å². The molecular weight excluding hydrogens is 370 g/mol. The molecule has 1 aromatic carbocycles. The summed E-state index contributed by atoms with van der Waals surface area (Å²) in [5.74, 6) is -0.424. The molecule has 0 saturated carbocycles. The average Bonchev–Trinajstić information content (AvgIpc) is 3.31. The molecule has 10 heteroatoms. The number of benzene rings is 1. The number of hydrogen-bond donors (Lipinski definition) is 1. The summed E-state index contributed by atoms with van der Waals surface area (Å²) < 4.78 is 31.1. The maximum Gasteiger partial charge on any atom is 0.322 e. The molecule has 27 heavy (non-hydrogen) atoms. The number of carbonyl (C=O) groups is 1. The van der Waals surface area contributed by atoms with Crippen LogP contribution in [0.1, 0.15) is 37.2 Å². The number of nitrogens with zero attached hydrogens (tertiary/aromatic N) is 4. The van der Waals surface area contributed by atoms with E-state index in [2.05, 4.69) is 20.6 Å². The van der Waals surface area contributed by atoms with E-state index in [0.717, 1.165) is 0 Å². The van der Waals surface area contributed by atoms with Crippen molar-refractivity contribution < 1.29 is 17.6 Å². The van der Waals surface area contributed by atoms with Crippen LogP contribution in [0.2, 0.25) is 0 Å². The van der Waals surface area contributed by atoms with Gasteiger partial charge < -0.3 is 4.42 Å². The second kappa shape index (κ2) is 7.31. The first-order valence-electron chi connectivity index (χ1n) is 8.33. The minimum atomic E-state index is -3.41.